The number of aryl methyl sites for hydroxylation is 1. The molecule has 0 atom stereocenters. The molecule has 1 aromatic carbocycles. The monoisotopic (exact) mass is 246 g/mol. The van der Waals surface area contributed by atoms with Crippen molar-refractivity contribution in [3.8, 4) is 0 Å². The lowest BCUT2D eigenvalue weighted by Gasteiger charge is -2.09. The second-order valence-corrected chi connectivity index (χ2v) is 4.02. The maximum atomic E-state index is 10.6. The van der Waals surface area contributed by atoms with Crippen LogP contribution in [0.2, 0.25) is 0 Å². The number of oxazole rings is 1. The number of hydrogen-bond acceptors (Lipinski definition) is 4. The first-order chi connectivity index (χ1) is 8.58. The molecule has 0 fully saturated rings. The molecule has 0 aliphatic rings. The fraction of sp³-hybridized carbons (Fsp3) is 0.231. The van der Waals surface area contributed by atoms with Gasteiger partial charge in [0.25, 0.3) is 0 Å². The zero-order chi connectivity index (χ0) is 13.1. The Kier molecular flexibility index (Phi) is 3.32. The highest BCUT2D eigenvalue weighted by atomic mass is 16.4. The van der Waals surface area contributed by atoms with Crippen molar-refractivity contribution in [1.82, 2.24) is 4.98 Å². The SMILES string of the molecule is Cc1cccc(NCc2ncc(C(=O)O)o2)c1C. The van der Waals surface area contributed by atoms with E-state index in [0.717, 1.165) is 11.3 Å². The number of anilines is 1. The standard InChI is InChI=1S/C13H14N2O3/c1-8-4-3-5-10(9(8)2)14-7-12-15-6-11(18-12)13(16)17/h3-6,14H,7H2,1-2H3,(H,16,17). The van der Waals surface area contributed by atoms with Gasteiger partial charge in [-0.1, -0.05) is 12.1 Å². The largest absolute Gasteiger partial charge is 0.475 e. The number of carboxylic acid groups (broad SMARTS) is 1. The molecule has 0 aliphatic carbocycles. The lowest BCUT2D eigenvalue weighted by molar-refractivity contribution is 0.0660. The van der Waals surface area contributed by atoms with Crippen LogP contribution in [0.5, 0.6) is 0 Å². The van der Waals surface area contributed by atoms with E-state index in [1.165, 1.54) is 11.8 Å². The van der Waals surface area contributed by atoms with Crippen LogP contribution in [0.15, 0.2) is 28.8 Å². The lowest BCUT2D eigenvalue weighted by atomic mass is 10.1. The van der Waals surface area contributed by atoms with E-state index in [4.69, 9.17) is 9.52 Å². The molecule has 0 spiro atoms. The van der Waals surface area contributed by atoms with E-state index in [1.807, 2.05) is 32.0 Å². The molecular weight excluding hydrogens is 232 g/mol. The van der Waals surface area contributed by atoms with Crippen LogP contribution in [0.3, 0.4) is 0 Å². The maximum absolute atomic E-state index is 10.6. The quantitative estimate of drug-likeness (QED) is 0.867. The van der Waals surface area contributed by atoms with E-state index in [2.05, 4.69) is 10.3 Å². The number of carboxylic acids is 1. The van der Waals surface area contributed by atoms with Crippen LogP contribution < -0.4 is 5.32 Å². The summed E-state index contributed by atoms with van der Waals surface area (Å²) in [5.41, 5.74) is 3.34. The van der Waals surface area contributed by atoms with Gasteiger partial charge in [-0.15, -0.1) is 0 Å². The minimum Gasteiger partial charge on any atom is -0.475 e. The van der Waals surface area contributed by atoms with Gasteiger partial charge < -0.3 is 14.8 Å². The van der Waals surface area contributed by atoms with E-state index in [1.54, 1.807) is 0 Å². The van der Waals surface area contributed by atoms with Gasteiger partial charge in [0.15, 0.2) is 0 Å². The Hall–Kier alpha value is -2.30. The lowest BCUT2D eigenvalue weighted by Crippen LogP contribution is -2.02. The summed E-state index contributed by atoms with van der Waals surface area (Å²) >= 11 is 0. The van der Waals surface area contributed by atoms with Gasteiger partial charge in [0.1, 0.15) is 0 Å². The van der Waals surface area contributed by atoms with Gasteiger partial charge in [-0.3, -0.25) is 0 Å². The Morgan fingerprint density at radius 3 is 2.89 bits per heavy atom. The fourth-order valence-corrected chi connectivity index (χ4v) is 1.60. The Balaban J connectivity index is 2.07. The van der Waals surface area contributed by atoms with Crippen LogP contribution in [0, 0.1) is 13.8 Å². The molecule has 0 unspecified atom stereocenters. The van der Waals surface area contributed by atoms with Crippen molar-refractivity contribution in [1.29, 1.82) is 0 Å². The molecule has 2 N–H and O–H groups in total. The molecule has 5 heteroatoms. The zero-order valence-corrected chi connectivity index (χ0v) is 10.2. The molecule has 0 saturated heterocycles. The van der Waals surface area contributed by atoms with Crippen molar-refractivity contribution < 1.29 is 14.3 Å². The average molecular weight is 246 g/mol. The van der Waals surface area contributed by atoms with Gasteiger partial charge in [0.05, 0.1) is 12.7 Å². The highest BCUT2D eigenvalue weighted by molar-refractivity contribution is 5.83. The molecule has 0 aliphatic heterocycles. The molecule has 18 heavy (non-hydrogen) atoms. The van der Waals surface area contributed by atoms with Crippen molar-refractivity contribution in [3.05, 3.63) is 47.2 Å². The van der Waals surface area contributed by atoms with Crippen LogP contribution in [0.1, 0.15) is 27.6 Å². The number of aromatic nitrogens is 1. The Labute approximate surface area is 104 Å². The van der Waals surface area contributed by atoms with Crippen molar-refractivity contribution in [3.63, 3.8) is 0 Å². The van der Waals surface area contributed by atoms with E-state index in [9.17, 15) is 4.79 Å². The van der Waals surface area contributed by atoms with Crippen molar-refractivity contribution in [2.45, 2.75) is 20.4 Å². The van der Waals surface area contributed by atoms with E-state index >= 15 is 0 Å². The molecule has 2 rings (SSSR count). The predicted molar refractivity (Wildman–Crippen MR) is 66.7 cm³/mol. The first-order valence-electron chi connectivity index (χ1n) is 5.56. The van der Waals surface area contributed by atoms with Gasteiger partial charge >= 0.3 is 5.97 Å². The predicted octanol–water partition coefficient (Wildman–Crippen LogP) is 2.60. The maximum Gasteiger partial charge on any atom is 0.373 e. The minimum atomic E-state index is -1.11. The highest BCUT2D eigenvalue weighted by Crippen LogP contribution is 2.18. The van der Waals surface area contributed by atoms with Crippen molar-refractivity contribution >= 4 is 11.7 Å². The Morgan fingerprint density at radius 1 is 1.44 bits per heavy atom. The summed E-state index contributed by atoms with van der Waals surface area (Å²) in [7, 11) is 0. The molecule has 0 radical (unpaired) electrons. The zero-order valence-electron chi connectivity index (χ0n) is 10.2. The summed E-state index contributed by atoms with van der Waals surface area (Å²) in [6, 6.07) is 5.96. The minimum absolute atomic E-state index is 0.146. The van der Waals surface area contributed by atoms with Crippen LogP contribution >= 0.6 is 0 Å². The van der Waals surface area contributed by atoms with Crippen LogP contribution in [-0.4, -0.2) is 16.1 Å². The number of benzene rings is 1. The third kappa shape index (κ3) is 2.51. The smallest absolute Gasteiger partial charge is 0.373 e. The number of hydrogen-bond donors (Lipinski definition) is 2. The van der Waals surface area contributed by atoms with E-state index in [0.29, 0.717) is 12.4 Å². The second kappa shape index (κ2) is 4.91. The van der Waals surface area contributed by atoms with Gasteiger partial charge in [-0.25, -0.2) is 9.78 Å². The number of nitrogens with zero attached hydrogens (tertiary/aromatic N) is 1. The summed E-state index contributed by atoms with van der Waals surface area (Å²) < 4.78 is 5.06. The third-order valence-electron chi connectivity index (χ3n) is 2.80. The normalized spacial score (nSPS) is 10.3. The molecule has 1 heterocycles. The summed E-state index contributed by atoms with van der Waals surface area (Å²) in [6.45, 7) is 4.42. The summed E-state index contributed by atoms with van der Waals surface area (Å²) in [6.07, 6.45) is 1.21. The molecule has 0 bridgehead atoms. The van der Waals surface area contributed by atoms with Crippen LogP contribution in [-0.2, 0) is 6.54 Å². The van der Waals surface area contributed by atoms with E-state index < -0.39 is 5.97 Å². The molecule has 1 aromatic heterocycles. The average Bonchev–Trinajstić information content (AvgIpc) is 2.80. The van der Waals surface area contributed by atoms with Crippen LogP contribution in [0.25, 0.3) is 0 Å². The first kappa shape index (κ1) is 12.2. The highest BCUT2D eigenvalue weighted by Gasteiger charge is 2.10. The third-order valence-corrected chi connectivity index (χ3v) is 2.80. The molecular formula is C13H14N2O3. The topological polar surface area (TPSA) is 75.4 Å². The van der Waals surface area contributed by atoms with Gasteiger partial charge in [-0.05, 0) is 31.0 Å². The molecule has 0 amide bonds. The Bertz CT molecular complexity index is 575. The Morgan fingerprint density at radius 2 is 2.22 bits per heavy atom. The molecule has 0 saturated carbocycles. The fourth-order valence-electron chi connectivity index (χ4n) is 1.60. The summed E-state index contributed by atoms with van der Waals surface area (Å²) in [5.74, 6) is -0.901. The number of rotatable bonds is 4. The summed E-state index contributed by atoms with van der Waals surface area (Å²) in [5, 5.41) is 11.9. The molecule has 94 valence electrons. The molecule has 2 aromatic rings. The second-order valence-electron chi connectivity index (χ2n) is 4.02. The van der Waals surface area contributed by atoms with E-state index in [-0.39, 0.29) is 5.76 Å². The van der Waals surface area contributed by atoms with Crippen LogP contribution in [0.4, 0.5) is 5.69 Å². The summed E-state index contributed by atoms with van der Waals surface area (Å²) in [4.78, 5) is 14.5. The molecule has 5 nitrogen and oxygen atoms in total. The number of carbonyl (C=O) groups is 1. The first-order valence-corrected chi connectivity index (χ1v) is 5.56. The van der Waals surface area contributed by atoms with Gasteiger partial charge in [0, 0.05) is 5.69 Å². The number of nitrogens with one attached hydrogen (secondary N) is 1. The van der Waals surface area contributed by atoms with Gasteiger partial charge in [-0.2, -0.15) is 0 Å². The van der Waals surface area contributed by atoms with Gasteiger partial charge in [0.2, 0.25) is 11.7 Å². The number of aromatic carboxylic acids is 1. The van der Waals surface area contributed by atoms with Crippen molar-refractivity contribution in [2.24, 2.45) is 0 Å². The van der Waals surface area contributed by atoms with Crippen molar-refractivity contribution in [2.75, 3.05) is 5.32 Å².